The number of nitrogens with zero attached hydrogens (tertiary/aromatic N) is 2. The summed E-state index contributed by atoms with van der Waals surface area (Å²) in [5.74, 6) is -0.180. The number of H-pyrrole nitrogens is 1. The number of hydrogen-bond acceptors (Lipinski definition) is 3. The maximum absolute atomic E-state index is 12.3. The third-order valence-corrected chi connectivity index (χ3v) is 3.72. The van der Waals surface area contributed by atoms with Crippen LogP contribution in [-0.4, -0.2) is 21.1 Å². The molecule has 0 spiro atoms. The summed E-state index contributed by atoms with van der Waals surface area (Å²) in [6, 6.07) is 13.5. The number of amides is 1. The van der Waals surface area contributed by atoms with Crippen LogP contribution < -0.4 is 5.32 Å². The molecule has 0 saturated heterocycles. The standard InChI is InChI=1S/C18H18N4O/c1-12-3-5-15(6-4-12)16-11-17(22-21-16)18(23)20-13(2)14-7-9-19-10-8-14/h3-11,13H,1-2H3,(H,20,23)(H,21,22). The first-order chi connectivity index (χ1) is 11.1. The van der Waals surface area contributed by atoms with Gasteiger partial charge >= 0.3 is 0 Å². The summed E-state index contributed by atoms with van der Waals surface area (Å²) >= 11 is 0. The molecule has 116 valence electrons. The molecular weight excluding hydrogens is 288 g/mol. The van der Waals surface area contributed by atoms with Crippen molar-refractivity contribution in [2.45, 2.75) is 19.9 Å². The van der Waals surface area contributed by atoms with E-state index in [2.05, 4.69) is 20.5 Å². The summed E-state index contributed by atoms with van der Waals surface area (Å²) in [4.78, 5) is 16.3. The maximum atomic E-state index is 12.3. The van der Waals surface area contributed by atoms with Gasteiger partial charge in [-0.2, -0.15) is 5.10 Å². The fourth-order valence-corrected chi connectivity index (χ4v) is 2.32. The molecule has 0 saturated carbocycles. The molecule has 1 atom stereocenters. The molecule has 0 aliphatic carbocycles. The van der Waals surface area contributed by atoms with Crippen molar-refractivity contribution in [3.05, 3.63) is 71.7 Å². The van der Waals surface area contributed by atoms with Gasteiger partial charge in [0.05, 0.1) is 11.7 Å². The quantitative estimate of drug-likeness (QED) is 0.777. The van der Waals surface area contributed by atoms with Gasteiger partial charge in [-0.25, -0.2) is 0 Å². The molecule has 23 heavy (non-hydrogen) atoms. The van der Waals surface area contributed by atoms with Gasteiger partial charge in [-0.3, -0.25) is 14.9 Å². The van der Waals surface area contributed by atoms with E-state index in [1.54, 1.807) is 18.5 Å². The number of rotatable bonds is 4. The van der Waals surface area contributed by atoms with Gasteiger partial charge < -0.3 is 5.32 Å². The smallest absolute Gasteiger partial charge is 0.269 e. The maximum Gasteiger partial charge on any atom is 0.269 e. The largest absolute Gasteiger partial charge is 0.344 e. The lowest BCUT2D eigenvalue weighted by Gasteiger charge is -2.12. The van der Waals surface area contributed by atoms with Gasteiger partial charge in [0, 0.05) is 18.0 Å². The zero-order valence-corrected chi connectivity index (χ0v) is 13.1. The Balaban J connectivity index is 1.72. The van der Waals surface area contributed by atoms with Crippen molar-refractivity contribution in [1.29, 1.82) is 0 Å². The molecule has 1 unspecified atom stereocenters. The van der Waals surface area contributed by atoms with Crippen LogP contribution in [0.5, 0.6) is 0 Å². The third kappa shape index (κ3) is 3.45. The molecule has 2 aromatic heterocycles. The molecular formula is C18H18N4O. The minimum atomic E-state index is -0.180. The predicted molar refractivity (Wildman–Crippen MR) is 88.9 cm³/mol. The Labute approximate surface area is 134 Å². The highest BCUT2D eigenvalue weighted by molar-refractivity contribution is 5.93. The van der Waals surface area contributed by atoms with E-state index < -0.39 is 0 Å². The average molecular weight is 306 g/mol. The monoisotopic (exact) mass is 306 g/mol. The number of aryl methyl sites for hydroxylation is 1. The van der Waals surface area contributed by atoms with E-state index >= 15 is 0 Å². The molecule has 1 amide bonds. The molecule has 5 heteroatoms. The molecule has 0 radical (unpaired) electrons. The highest BCUT2D eigenvalue weighted by atomic mass is 16.2. The van der Waals surface area contributed by atoms with Gasteiger partial charge in [0.15, 0.2) is 0 Å². The molecule has 0 aliphatic rings. The number of nitrogens with one attached hydrogen (secondary N) is 2. The number of hydrogen-bond donors (Lipinski definition) is 2. The molecule has 0 bridgehead atoms. The zero-order chi connectivity index (χ0) is 16.2. The topological polar surface area (TPSA) is 70.7 Å². The van der Waals surface area contributed by atoms with Crippen molar-refractivity contribution in [1.82, 2.24) is 20.5 Å². The summed E-state index contributed by atoms with van der Waals surface area (Å²) < 4.78 is 0. The Bertz CT molecular complexity index is 793. The normalized spacial score (nSPS) is 11.9. The molecule has 2 N–H and O–H groups in total. The van der Waals surface area contributed by atoms with Gasteiger partial charge in [0.2, 0.25) is 0 Å². The van der Waals surface area contributed by atoms with Gasteiger partial charge in [-0.1, -0.05) is 29.8 Å². The van der Waals surface area contributed by atoms with Crippen LogP contribution in [0.15, 0.2) is 54.9 Å². The Morgan fingerprint density at radius 2 is 1.83 bits per heavy atom. The number of carbonyl (C=O) groups is 1. The first kappa shape index (κ1) is 15.0. The van der Waals surface area contributed by atoms with Crippen LogP contribution in [0.2, 0.25) is 0 Å². The minimum Gasteiger partial charge on any atom is -0.344 e. The zero-order valence-electron chi connectivity index (χ0n) is 13.1. The highest BCUT2D eigenvalue weighted by Crippen LogP contribution is 2.19. The van der Waals surface area contributed by atoms with Crippen LogP contribution in [0.3, 0.4) is 0 Å². The Hall–Kier alpha value is -2.95. The van der Waals surface area contributed by atoms with Gasteiger partial charge in [0.25, 0.3) is 5.91 Å². The Morgan fingerprint density at radius 1 is 1.13 bits per heavy atom. The van der Waals surface area contributed by atoms with Crippen LogP contribution in [-0.2, 0) is 0 Å². The molecule has 2 heterocycles. The van der Waals surface area contributed by atoms with Crippen LogP contribution in [0, 0.1) is 6.92 Å². The molecule has 1 aromatic carbocycles. The van der Waals surface area contributed by atoms with Crippen molar-refractivity contribution < 1.29 is 4.79 Å². The molecule has 3 rings (SSSR count). The molecule has 0 aliphatic heterocycles. The number of aromatic nitrogens is 3. The Morgan fingerprint density at radius 3 is 2.52 bits per heavy atom. The highest BCUT2D eigenvalue weighted by Gasteiger charge is 2.14. The van der Waals surface area contributed by atoms with E-state index in [0.29, 0.717) is 5.69 Å². The summed E-state index contributed by atoms with van der Waals surface area (Å²) in [6.45, 7) is 3.97. The van der Waals surface area contributed by atoms with Crippen molar-refractivity contribution >= 4 is 5.91 Å². The average Bonchev–Trinajstić information content (AvgIpc) is 3.06. The Kier molecular flexibility index (Phi) is 4.19. The fourth-order valence-electron chi connectivity index (χ4n) is 2.32. The van der Waals surface area contributed by atoms with E-state index in [4.69, 9.17) is 0 Å². The van der Waals surface area contributed by atoms with Crippen molar-refractivity contribution in [2.24, 2.45) is 0 Å². The number of carbonyl (C=O) groups excluding carboxylic acids is 1. The van der Waals surface area contributed by atoms with E-state index in [-0.39, 0.29) is 11.9 Å². The van der Waals surface area contributed by atoms with E-state index in [9.17, 15) is 4.79 Å². The fraction of sp³-hybridized carbons (Fsp3) is 0.167. The second kappa shape index (κ2) is 6.44. The second-order valence-electron chi connectivity index (χ2n) is 5.51. The number of pyridine rings is 1. The van der Waals surface area contributed by atoms with Crippen molar-refractivity contribution in [2.75, 3.05) is 0 Å². The van der Waals surface area contributed by atoms with Crippen LogP contribution in [0.25, 0.3) is 11.3 Å². The lowest BCUT2D eigenvalue weighted by Crippen LogP contribution is -2.26. The summed E-state index contributed by atoms with van der Waals surface area (Å²) in [5, 5.41) is 9.97. The number of aromatic amines is 1. The predicted octanol–water partition coefficient (Wildman–Crippen LogP) is 3.27. The van der Waals surface area contributed by atoms with E-state index in [1.807, 2.05) is 50.2 Å². The SMILES string of the molecule is Cc1ccc(-c2cc(C(=O)NC(C)c3ccncc3)[nH]n2)cc1. The van der Waals surface area contributed by atoms with E-state index in [0.717, 1.165) is 16.8 Å². The van der Waals surface area contributed by atoms with Crippen LogP contribution >= 0.6 is 0 Å². The van der Waals surface area contributed by atoms with Crippen LogP contribution in [0.4, 0.5) is 0 Å². The van der Waals surface area contributed by atoms with Crippen LogP contribution in [0.1, 0.15) is 34.6 Å². The van der Waals surface area contributed by atoms with Crippen molar-refractivity contribution in [3.8, 4) is 11.3 Å². The summed E-state index contributed by atoms with van der Waals surface area (Å²) in [6.07, 6.45) is 3.42. The molecule has 5 nitrogen and oxygen atoms in total. The van der Waals surface area contributed by atoms with Gasteiger partial charge in [-0.15, -0.1) is 0 Å². The summed E-state index contributed by atoms with van der Waals surface area (Å²) in [5.41, 5.74) is 4.38. The number of benzene rings is 1. The lowest BCUT2D eigenvalue weighted by molar-refractivity contribution is 0.0935. The van der Waals surface area contributed by atoms with Gasteiger partial charge in [-0.05, 0) is 37.6 Å². The first-order valence-corrected chi connectivity index (χ1v) is 7.47. The molecule has 3 aromatic rings. The first-order valence-electron chi connectivity index (χ1n) is 7.47. The van der Waals surface area contributed by atoms with Crippen molar-refractivity contribution in [3.63, 3.8) is 0 Å². The lowest BCUT2D eigenvalue weighted by atomic mass is 10.1. The van der Waals surface area contributed by atoms with E-state index in [1.165, 1.54) is 5.56 Å². The minimum absolute atomic E-state index is 0.100. The second-order valence-corrected chi connectivity index (χ2v) is 5.51. The molecule has 0 fully saturated rings. The third-order valence-electron chi connectivity index (χ3n) is 3.72. The summed E-state index contributed by atoms with van der Waals surface area (Å²) in [7, 11) is 0. The van der Waals surface area contributed by atoms with Gasteiger partial charge in [0.1, 0.15) is 5.69 Å².